The average Bonchev–Trinajstić information content (AvgIpc) is 2.96. The van der Waals surface area contributed by atoms with Crippen molar-refractivity contribution in [3.8, 4) is 0 Å². The molecule has 0 spiro atoms. The molecule has 0 saturated carbocycles. The fourth-order valence-corrected chi connectivity index (χ4v) is 2.53. The first kappa shape index (κ1) is 14.6. The van der Waals surface area contributed by atoms with Crippen LogP contribution < -0.4 is 0 Å². The Labute approximate surface area is 121 Å². The van der Waals surface area contributed by atoms with Crippen LogP contribution in [0.5, 0.6) is 0 Å². The molecule has 0 aromatic carbocycles. The number of carboxylic acids is 1. The van der Waals surface area contributed by atoms with Gasteiger partial charge in [0.25, 0.3) is 0 Å². The highest BCUT2D eigenvalue weighted by Gasteiger charge is 2.14. The second-order valence-corrected chi connectivity index (χ2v) is 5.38. The van der Waals surface area contributed by atoms with Crippen molar-refractivity contribution in [2.75, 3.05) is 5.75 Å². The minimum Gasteiger partial charge on any atom is -0.481 e. The van der Waals surface area contributed by atoms with Gasteiger partial charge < -0.3 is 9.67 Å². The fraction of sp³-hybridized carbons (Fsp3) is 0.500. The van der Waals surface area contributed by atoms with Gasteiger partial charge in [0.1, 0.15) is 5.82 Å². The lowest BCUT2D eigenvalue weighted by molar-refractivity contribution is -0.133. The van der Waals surface area contributed by atoms with E-state index < -0.39 is 5.97 Å². The lowest BCUT2D eigenvalue weighted by Crippen LogP contribution is -2.07. The van der Waals surface area contributed by atoms with Crippen LogP contribution in [0.3, 0.4) is 0 Å². The number of aliphatic carboxylic acids is 1. The minimum atomic E-state index is -0.858. The summed E-state index contributed by atoms with van der Waals surface area (Å²) in [5.41, 5.74) is 1.04. The summed E-state index contributed by atoms with van der Waals surface area (Å²) in [6.07, 6.45) is 5.51. The normalized spacial score (nSPS) is 10.9. The highest BCUT2D eigenvalue weighted by molar-refractivity contribution is 7.99. The first-order chi connectivity index (χ1) is 9.60. The molecule has 0 atom stereocenters. The molecular weight excluding hydrogens is 278 g/mol. The molecule has 7 nitrogen and oxygen atoms in total. The number of aryl methyl sites for hydroxylation is 2. The van der Waals surface area contributed by atoms with Crippen molar-refractivity contribution in [1.82, 2.24) is 24.5 Å². The number of aromatic nitrogens is 5. The van der Waals surface area contributed by atoms with E-state index in [0.717, 1.165) is 24.2 Å². The van der Waals surface area contributed by atoms with Crippen molar-refractivity contribution in [3.63, 3.8) is 0 Å². The molecule has 0 amide bonds. The van der Waals surface area contributed by atoms with Crippen LogP contribution in [0, 0.1) is 0 Å². The molecule has 2 aromatic heterocycles. The summed E-state index contributed by atoms with van der Waals surface area (Å²) in [5.74, 6) is 0.00400. The van der Waals surface area contributed by atoms with Gasteiger partial charge in [-0.25, -0.2) is 0 Å². The first-order valence-electron chi connectivity index (χ1n) is 6.34. The summed E-state index contributed by atoms with van der Waals surface area (Å²) < 4.78 is 3.71. The third kappa shape index (κ3) is 3.60. The van der Waals surface area contributed by atoms with Gasteiger partial charge in [-0.1, -0.05) is 18.7 Å². The van der Waals surface area contributed by atoms with Crippen molar-refractivity contribution >= 4 is 17.7 Å². The van der Waals surface area contributed by atoms with Crippen molar-refractivity contribution < 1.29 is 9.90 Å². The molecule has 0 unspecified atom stereocenters. The molecule has 20 heavy (non-hydrogen) atoms. The van der Waals surface area contributed by atoms with Crippen LogP contribution in [0.1, 0.15) is 24.7 Å². The second-order valence-electron chi connectivity index (χ2n) is 4.44. The fourth-order valence-electron chi connectivity index (χ4n) is 1.86. The zero-order valence-corrected chi connectivity index (χ0v) is 12.3. The summed E-state index contributed by atoms with van der Waals surface area (Å²) in [5, 5.41) is 21.8. The molecule has 8 heteroatoms. The van der Waals surface area contributed by atoms with Gasteiger partial charge in [-0.15, -0.1) is 10.2 Å². The van der Waals surface area contributed by atoms with Crippen LogP contribution in [0.25, 0.3) is 0 Å². The largest absolute Gasteiger partial charge is 0.481 e. The van der Waals surface area contributed by atoms with Crippen LogP contribution in [0.4, 0.5) is 0 Å². The van der Waals surface area contributed by atoms with E-state index in [1.165, 1.54) is 11.8 Å². The molecule has 0 fully saturated rings. The minimum absolute atomic E-state index is 0.0166. The van der Waals surface area contributed by atoms with Gasteiger partial charge in [0.15, 0.2) is 5.16 Å². The predicted octanol–water partition coefficient (Wildman–Crippen LogP) is 1.19. The first-order valence-corrected chi connectivity index (χ1v) is 7.33. The summed E-state index contributed by atoms with van der Waals surface area (Å²) >= 11 is 1.19. The highest BCUT2D eigenvalue weighted by atomic mass is 32.2. The zero-order valence-electron chi connectivity index (χ0n) is 11.5. The van der Waals surface area contributed by atoms with Crippen LogP contribution in [-0.2, 0) is 24.8 Å². The van der Waals surface area contributed by atoms with Crippen LogP contribution in [0.15, 0.2) is 17.6 Å². The maximum atomic E-state index is 10.7. The van der Waals surface area contributed by atoms with Gasteiger partial charge in [0, 0.05) is 25.2 Å². The predicted molar refractivity (Wildman–Crippen MR) is 74.7 cm³/mol. The Morgan fingerprint density at radius 3 is 2.85 bits per heavy atom. The van der Waals surface area contributed by atoms with Crippen LogP contribution >= 0.6 is 11.8 Å². The Balaban J connectivity index is 2.21. The third-order valence-corrected chi connectivity index (χ3v) is 3.64. The molecule has 2 rings (SSSR count). The summed E-state index contributed by atoms with van der Waals surface area (Å²) in [7, 11) is 1.86. The Hall–Kier alpha value is -1.83. The van der Waals surface area contributed by atoms with Crippen molar-refractivity contribution in [2.24, 2.45) is 7.05 Å². The number of nitrogens with zero attached hydrogens (tertiary/aromatic N) is 5. The number of hydrogen-bond acceptors (Lipinski definition) is 5. The third-order valence-electron chi connectivity index (χ3n) is 2.69. The van der Waals surface area contributed by atoms with E-state index in [2.05, 4.69) is 22.2 Å². The molecule has 0 aliphatic rings. The number of carbonyl (C=O) groups is 1. The number of carboxylic acid groups (broad SMARTS) is 1. The van der Waals surface area contributed by atoms with E-state index in [9.17, 15) is 4.79 Å². The summed E-state index contributed by atoms with van der Waals surface area (Å²) in [6.45, 7) is 2.69. The van der Waals surface area contributed by atoms with Crippen molar-refractivity contribution in [2.45, 2.75) is 31.5 Å². The average molecular weight is 295 g/mol. The molecule has 0 radical (unpaired) electrons. The van der Waals surface area contributed by atoms with Gasteiger partial charge >= 0.3 is 5.97 Å². The summed E-state index contributed by atoms with van der Waals surface area (Å²) in [4.78, 5) is 10.7. The van der Waals surface area contributed by atoms with Crippen molar-refractivity contribution in [1.29, 1.82) is 0 Å². The Bertz CT molecular complexity index is 592. The standard InChI is InChI=1S/C12H17N5O2S/c1-3-4-10-14-15-12(20-8-11(18)19)17(10)7-9-5-13-16(2)6-9/h5-6H,3-4,7-8H2,1-2H3,(H,18,19). The van der Waals surface area contributed by atoms with E-state index in [1.807, 2.05) is 17.8 Å². The van der Waals surface area contributed by atoms with E-state index in [1.54, 1.807) is 10.9 Å². The number of rotatable bonds is 7. The van der Waals surface area contributed by atoms with Gasteiger partial charge in [-0.3, -0.25) is 9.48 Å². The smallest absolute Gasteiger partial charge is 0.313 e. The summed E-state index contributed by atoms with van der Waals surface area (Å²) in [6, 6.07) is 0. The Morgan fingerprint density at radius 1 is 1.45 bits per heavy atom. The quantitative estimate of drug-likeness (QED) is 0.772. The molecule has 2 heterocycles. The molecule has 0 saturated heterocycles. The lowest BCUT2D eigenvalue weighted by atomic mass is 10.3. The Morgan fingerprint density at radius 2 is 2.25 bits per heavy atom. The zero-order chi connectivity index (χ0) is 14.5. The lowest BCUT2D eigenvalue weighted by Gasteiger charge is -2.07. The molecule has 1 N–H and O–H groups in total. The van der Waals surface area contributed by atoms with E-state index in [4.69, 9.17) is 5.11 Å². The van der Waals surface area contributed by atoms with E-state index in [-0.39, 0.29) is 5.75 Å². The van der Waals surface area contributed by atoms with Crippen LogP contribution in [0.2, 0.25) is 0 Å². The number of thioether (sulfide) groups is 1. The monoisotopic (exact) mass is 295 g/mol. The maximum Gasteiger partial charge on any atom is 0.313 e. The van der Waals surface area contributed by atoms with Gasteiger partial charge in [0.05, 0.1) is 18.5 Å². The Kier molecular flexibility index (Phi) is 4.78. The maximum absolute atomic E-state index is 10.7. The van der Waals surface area contributed by atoms with Crippen LogP contribution in [-0.4, -0.2) is 41.4 Å². The highest BCUT2D eigenvalue weighted by Crippen LogP contribution is 2.19. The topological polar surface area (TPSA) is 85.8 Å². The molecule has 108 valence electrons. The SMILES string of the molecule is CCCc1nnc(SCC(=O)O)n1Cc1cnn(C)c1. The molecule has 0 aliphatic heterocycles. The number of hydrogen-bond donors (Lipinski definition) is 1. The van der Waals surface area contributed by atoms with E-state index >= 15 is 0 Å². The van der Waals surface area contributed by atoms with Gasteiger partial charge in [-0.05, 0) is 6.42 Å². The second kappa shape index (κ2) is 6.56. The van der Waals surface area contributed by atoms with Crippen molar-refractivity contribution in [3.05, 3.63) is 23.8 Å². The van der Waals surface area contributed by atoms with Gasteiger partial charge in [-0.2, -0.15) is 5.10 Å². The molecule has 0 aliphatic carbocycles. The molecule has 2 aromatic rings. The molecular formula is C12H17N5O2S. The van der Waals surface area contributed by atoms with Gasteiger partial charge in [0.2, 0.25) is 0 Å². The molecule has 0 bridgehead atoms. The van der Waals surface area contributed by atoms with E-state index in [0.29, 0.717) is 11.7 Å².